The summed E-state index contributed by atoms with van der Waals surface area (Å²) in [6.45, 7) is 0. The maximum Gasteiger partial charge on any atom is 1.00 e. The number of hydrogen-bond donors (Lipinski definition) is 3. The summed E-state index contributed by atoms with van der Waals surface area (Å²) in [6.07, 6.45) is 0. The molecule has 0 spiro atoms. The average molecular weight is 136 g/mol. The Morgan fingerprint density at radius 3 is 1.14 bits per heavy atom. The molecular weight excluding hydrogens is 133 g/mol. The molecular formula is H3BClNaO4. The first-order valence-electron chi connectivity index (χ1n) is 0.929. The Labute approximate surface area is 68.4 Å². The van der Waals surface area contributed by atoms with Gasteiger partial charge in [0.05, 0.1) is 0 Å². The van der Waals surface area contributed by atoms with E-state index in [2.05, 4.69) is 11.9 Å². The van der Waals surface area contributed by atoms with Crippen LogP contribution in [0.15, 0.2) is 0 Å². The van der Waals surface area contributed by atoms with Crippen LogP contribution in [0.4, 0.5) is 0 Å². The zero-order valence-corrected chi connectivity index (χ0v) is 6.46. The molecule has 0 unspecified atom stereocenters. The smallest absolute Gasteiger partial charge is 0.769 e. The van der Waals surface area contributed by atoms with Crippen LogP contribution in [0.1, 0.15) is 0 Å². The van der Waals surface area contributed by atoms with Gasteiger partial charge in [-0.1, -0.05) is 0 Å². The molecule has 0 radical (unpaired) electrons. The zero-order chi connectivity index (χ0) is 5.58. The Kier molecular flexibility index (Phi) is 35.2. The SMILES string of the molecule is OB(O)O.[Na+].[O-]Cl. The first kappa shape index (κ1) is 15.7. The molecule has 0 saturated carbocycles. The van der Waals surface area contributed by atoms with Crippen LogP contribution in [-0.4, -0.2) is 22.4 Å². The summed E-state index contributed by atoms with van der Waals surface area (Å²) in [5.74, 6) is 0. The molecule has 0 aromatic rings. The number of halogens is 1. The predicted octanol–water partition coefficient (Wildman–Crippen LogP) is -5.55. The Balaban J connectivity index is -0.0000000480. The Morgan fingerprint density at radius 1 is 1.14 bits per heavy atom. The Bertz CT molecular complexity index is 16.4. The molecule has 0 aromatic carbocycles. The van der Waals surface area contributed by atoms with E-state index in [1.54, 1.807) is 0 Å². The first-order chi connectivity index (χ1) is 2.73. The van der Waals surface area contributed by atoms with Gasteiger partial charge in [-0.2, -0.15) is 0 Å². The molecule has 7 heavy (non-hydrogen) atoms. The summed E-state index contributed by atoms with van der Waals surface area (Å²) in [6, 6.07) is 0. The average Bonchev–Trinajstić information content (AvgIpc) is 1.41. The molecule has 0 amide bonds. The fraction of sp³-hybridized carbons (Fsp3) is 0. The molecule has 0 atom stereocenters. The van der Waals surface area contributed by atoms with E-state index in [1.165, 1.54) is 0 Å². The van der Waals surface area contributed by atoms with Crippen LogP contribution >= 0.6 is 11.9 Å². The van der Waals surface area contributed by atoms with Crippen molar-refractivity contribution in [3.8, 4) is 0 Å². The second-order valence-corrected chi connectivity index (χ2v) is 0.346. The van der Waals surface area contributed by atoms with E-state index in [9.17, 15) is 0 Å². The maximum absolute atomic E-state index is 7.72. The van der Waals surface area contributed by atoms with E-state index >= 15 is 0 Å². The van der Waals surface area contributed by atoms with Crippen molar-refractivity contribution in [2.24, 2.45) is 0 Å². The number of rotatable bonds is 0. The third-order valence-corrected chi connectivity index (χ3v) is 0. The van der Waals surface area contributed by atoms with Gasteiger partial charge in [0.25, 0.3) is 0 Å². The van der Waals surface area contributed by atoms with Gasteiger partial charge in [-0.3, -0.25) is 0 Å². The second kappa shape index (κ2) is 15.7. The van der Waals surface area contributed by atoms with Crippen molar-refractivity contribution in [2.75, 3.05) is 0 Å². The Morgan fingerprint density at radius 2 is 1.14 bits per heavy atom. The minimum absolute atomic E-state index is 0. The van der Waals surface area contributed by atoms with Crippen molar-refractivity contribution in [2.45, 2.75) is 0 Å². The van der Waals surface area contributed by atoms with E-state index in [0.29, 0.717) is 0 Å². The van der Waals surface area contributed by atoms with Crippen LogP contribution in [0, 0.1) is 0 Å². The minimum atomic E-state index is -2.17. The van der Waals surface area contributed by atoms with Gasteiger partial charge in [0.15, 0.2) is 0 Å². The van der Waals surface area contributed by atoms with Crippen LogP contribution in [0.5, 0.6) is 0 Å². The van der Waals surface area contributed by atoms with E-state index in [-0.39, 0.29) is 29.6 Å². The summed E-state index contributed by atoms with van der Waals surface area (Å²) in [5.41, 5.74) is 0. The van der Waals surface area contributed by atoms with Crippen LogP contribution < -0.4 is 34.2 Å². The Hall–Kier alpha value is 1.19. The second-order valence-electron chi connectivity index (χ2n) is 0.346. The van der Waals surface area contributed by atoms with Gasteiger partial charge < -0.3 is 19.7 Å². The molecule has 38 valence electrons. The van der Waals surface area contributed by atoms with Gasteiger partial charge in [-0.05, 0) is 0 Å². The standard InChI is InChI=1S/BH3O3.ClO.Na/c2-1(3)4;1-2;/h2-4H;;/q;-1;+1. The van der Waals surface area contributed by atoms with E-state index in [0.717, 1.165) is 0 Å². The monoisotopic (exact) mass is 136 g/mol. The molecule has 0 aliphatic rings. The molecule has 0 bridgehead atoms. The minimum Gasteiger partial charge on any atom is -0.769 e. The molecule has 7 heteroatoms. The summed E-state index contributed by atoms with van der Waals surface area (Å²) in [5, 5.41) is 21.5. The zero-order valence-electron chi connectivity index (χ0n) is 3.71. The summed E-state index contributed by atoms with van der Waals surface area (Å²) < 4.78 is 7.72. The van der Waals surface area contributed by atoms with Crippen molar-refractivity contribution in [1.29, 1.82) is 0 Å². The fourth-order valence-electron chi connectivity index (χ4n) is 0. The van der Waals surface area contributed by atoms with E-state index in [4.69, 9.17) is 19.7 Å². The number of hydrogen-bond acceptors (Lipinski definition) is 4. The quantitative estimate of drug-likeness (QED) is 0.290. The van der Waals surface area contributed by atoms with Crippen molar-refractivity contribution < 1.29 is 49.3 Å². The molecule has 3 N–H and O–H groups in total. The van der Waals surface area contributed by atoms with E-state index < -0.39 is 7.32 Å². The first-order valence-corrected chi connectivity index (χ1v) is 1.24. The molecule has 0 aliphatic carbocycles. The molecule has 0 saturated heterocycles. The molecule has 0 aromatic heterocycles. The maximum atomic E-state index is 7.72. The summed E-state index contributed by atoms with van der Waals surface area (Å²) in [4.78, 5) is 0. The molecule has 0 fully saturated rings. The summed E-state index contributed by atoms with van der Waals surface area (Å²) in [7, 11) is -2.17. The predicted molar refractivity (Wildman–Crippen MR) is 18.3 cm³/mol. The molecule has 4 nitrogen and oxygen atoms in total. The van der Waals surface area contributed by atoms with Crippen LogP contribution in [0.3, 0.4) is 0 Å². The van der Waals surface area contributed by atoms with Crippen LogP contribution in [-0.2, 0) is 0 Å². The summed E-state index contributed by atoms with van der Waals surface area (Å²) >= 11 is 3.39. The topological polar surface area (TPSA) is 83.8 Å². The van der Waals surface area contributed by atoms with Gasteiger partial charge in [0, 0.05) is 0 Å². The molecule has 0 heterocycles. The van der Waals surface area contributed by atoms with Gasteiger partial charge in [0.2, 0.25) is 0 Å². The van der Waals surface area contributed by atoms with Crippen molar-refractivity contribution in [3.05, 3.63) is 0 Å². The fourth-order valence-corrected chi connectivity index (χ4v) is 0. The largest absolute Gasteiger partial charge is 1.00 e. The van der Waals surface area contributed by atoms with Gasteiger partial charge >= 0.3 is 36.9 Å². The van der Waals surface area contributed by atoms with Crippen LogP contribution in [0.25, 0.3) is 0 Å². The third kappa shape index (κ3) is 136. The molecule has 0 rings (SSSR count). The van der Waals surface area contributed by atoms with Gasteiger partial charge in [-0.15, -0.1) is 0 Å². The normalized spacial score (nSPS) is 4.71. The van der Waals surface area contributed by atoms with E-state index in [1.807, 2.05) is 0 Å². The van der Waals surface area contributed by atoms with Crippen molar-refractivity contribution in [3.63, 3.8) is 0 Å². The van der Waals surface area contributed by atoms with Crippen LogP contribution in [0.2, 0.25) is 0 Å². The molecule has 0 aliphatic heterocycles. The third-order valence-electron chi connectivity index (χ3n) is 0. The van der Waals surface area contributed by atoms with Crippen molar-refractivity contribution >= 4 is 19.2 Å². The van der Waals surface area contributed by atoms with Gasteiger partial charge in [0.1, 0.15) is 0 Å². The van der Waals surface area contributed by atoms with Gasteiger partial charge in [-0.25, -0.2) is 11.9 Å². The van der Waals surface area contributed by atoms with Crippen molar-refractivity contribution in [1.82, 2.24) is 0 Å².